The SMILES string of the molecule is Clc1c(-c2ccc3c(ccn3-c3ccccn3)c2)ccn2c(CC3CC3)nnc12. The summed E-state index contributed by atoms with van der Waals surface area (Å²) in [6.07, 6.45) is 9.45. The Hall–Kier alpha value is -3.18. The molecule has 1 aliphatic rings. The van der Waals surface area contributed by atoms with Crippen LogP contribution in [0.1, 0.15) is 18.7 Å². The zero-order valence-electron chi connectivity index (χ0n) is 15.7. The highest BCUT2D eigenvalue weighted by atomic mass is 35.5. The number of hydrogen-bond acceptors (Lipinski definition) is 3. The lowest BCUT2D eigenvalue weighted by Gasteiger charge is -2.08. The van der Waals surface area contributed by atoms with Gasteiger partial charge in [-0.05, 0) is 60.7 Å². The Labute approximate surface area is 172 Å². The Morgan fingerprint density at radius 1 is 1.00 bits per heavy atom. The first kappa shape index (κ1) is 16.7. The van der Waals surface area contributed by atoms with Gasteiger partial charge in [-0.1, -0.05) is 23.7 Å². The molecule has 1 aliphatic carbocycles. The number of rotatable bonds is 4. The fraction of sp³-hybridized carbons (Fsp3) is 0.174. The van der Waals surface area contributed by atoms with Crippen molar-refractivity contribution in [1.82, 2.24) is 24.1 Å². The van der Waals surface area contributed by atoms with Gasteiger partial charge in [0.05, 0.1) is 10.5 Å². The van der Waals surface area contributed by atoms with Crippen LogP contribution >= 0.6 is 11.6 Å². The first-order valence-electron chi connectivity index (χ1n) is 9.83. The third-order valence-electron chi connectivity index (χ3n) is 5.65. The fourth-order valence-electron chi connectivity index (χ4n) is 3.92. The predicted molar refractivity (Wildman–Crippen MR) is 114 cm³/mol. The second-order valence-electron chi connectivity index (χ2n) is 7.65. The van der Waals surface area contributed by atoms with Gasteiger partial charge in [0.1, 0.15) is 11.6 Å². The minimum Gasteiger partial charge on any atom is -0.301 e. The number of fused-ring (bicyclic) bond motifs is 2. The van der Waals surface area contributed by atoms with Crippen molar-refractivity contribution in [1.29, 1.82) is 0 Å². The molecule has 0 spiro atoms. The molecular formula is C23H18ClN5. The molecule has 1 fully saturated rings. The maximum absolute atomic E-state index is 6.76. The van der Waals surface area contributed by atoms with E-state index < -0.39 is 0 Å². The van der Waals surface area contributed by atoms with Crippen molar-refractivity contribution >= 4 is 28.2 Å². The molecule has 4 aromatic heterocycles. The van der Waals surface area contributed by atoms with Crippen molar-refractivity contribution in [3.8, 4) is 16.9 Å². The Morgan fingerprint density at radius 3 is 2.76 bits per heavy atom. The van der Waals surface area contributed by atoms with Crippen LogP contribution in [-0.2, 0) is 6.42 Å². The van der Waals surface area contributed by atoms with Crippen LogP contribution in [0, 0.1) is 5.92 Å². The maximum atomic E-state index is 6.76. The maximum Gasteiger partial charge on any atom is 0.180 e. The van der Waals surface area contributed by atoms with Crippen LogP contribution in [0.5, 0.6) is 0 Å². The summed E-state index contributed by atoms with van der Waals surface area (Å²) in [7, 11) is 0. The van der Waals surface area contributed by atoms with Gasteiger partial charge in [0, 0.05) is 36.0 Å². The van der Waals surface area contributed by atoms with E-state index in [0.717, 1.165) is 51.7 Å². The summed E-state index contributed by atoms with van der Waals surface area (Å²) in [5.41, 5.74) is 3.87. The van der Waals surface area contributed by atoms with Crippen molar-refractivity contribution < 1.29 is 0 Å². The number of pyridine rings is 2. The van der Waals surface area contributed by atoms with E-state index in [2.05, 4.69) is 50.1 Å². The lowest BCUT2D eigenvalue weighted by molar-refractivity contribution is 0.758. The summed E-state index contributed by atoms with van der Waals surface area (Å²) in [6, 6.07) is 16.5. The average Bonchev–Trinajstić information content (AvgIpc) is 3.32. The van der Waals surface area contributed by atoms with Gasteiger partial charge in [-0.25, -0.2) is 4.98 Å². The average molecular weight is 400 g/mol. The first-order valence-corrected chi connectivity index (χ1v) is 10.2. The standard InChI is InChI=1S/C23H18ClN5/c24-22-18(9-12-29-21(13-15-4-5-15)26-27-23(22)29)16-6-7-19-17(14-16)8-11-28(19)20-3-1-2-10-25-20/h1-3,6-12,14-15H,4-5,13H2. The highest BCUT2D eigenvalue weighted by Crippen LogP contribution is 2.35. The summed E-state index contributed by atoms with van der Waals surface area (Å²) in [5, 5.41) is 10.5. The van der Waals surface area contributed by atoms with E-state index in [4.69, 9.17) is 11.6 Å². The smallest absolute Gasteiger partial charge is 0.180 e. The van der Waals surface area contributed by atoms with Crippen molar-refractivity contribution in [3.63, 3.8) is 0 Å². The summed E-state index contributed by atoms with van der Waals surface area (Å²) in [4.78, 5) is 4.45. The molecular weight excluding hydrogens is 382 g/mol. The van der Waals surface area contributed by atoms with Gasteiger partial charge in [-0.2, -0.15) is 0 Å². The van der Waals surface area contributed by atoms with Crippen molar-refractivity contribution in [2.45, 2.75) is 19.3 Å². The number of aromatic nitrogens is 5. The molecule has 0 amide bonds. The molecule has 0 saturated heterocycles. The van der Waals surface area contributed by atoms with Crippen LogP contribution in [0.4, 0.5) is 0 Å². The van der Waals surface area contributed by atoms with Crippen molar-refractivity contribution in [2.24, 2.45) is 5.92 Å². The fourth-order valence-corrected chi connectivity index (χ4v) is 4.22. The van der Waals surface area contributed by atoms with Crippen LogP contribution in [0.15, 0.2) is 67.1 Å². The number of halogens is 1. The Balaban J connectivity index is 1.43. The Bertz CT molecular complexity index is 1350. The molecule has 29 heavy (non-hydrogen) atoms. The molecule has 0 atom stereocenters. The molecule has 0 aliphatic heterocycles. The van der Waals surface area contributed by atoms with Crippen LogP contribution in [0.2, 0.25) is 5.02 Å². The quantitative estimate of drug-likeness (QED) is 0.409. The molecule has 142 valence electrons. The van der Waals surface area contributed by atoms with E-state index in [1.54, 1.807) is 6.20 Å². The number of benzene rings is 1. The molecule has 0 unspecified atom stereocenters. The zero-order chi connectivity index (χ0) is 19.4. The molecule has 5 nitrogen and oxygen atoms in total. The van der Waals surface area contributed by atoms with Gasteiger partial charge in [0.2, 0.25) is 0 Å². The van der Waals surface area contributed by atoms with Gasteiger partial charge in [-0.15, -0.1) is 10.2 Å². The van der Waals surface area contributed by atoms with Gasteiger partial charge < -0.3 is 4.57 Å². The third kappa shape index (κ3) is 2.81. The third-order valence-corrected chi connectivity index (χ3v) is 6.03. The van der Waals surface area contributed by atoms with Gasteiger partial charge in [-0.3, -0.25) is 4.40 Å². The Morgan fingerprint density at radius 2 is 1.93 bits per heavy atom. The van der Waals surface area contributed by atoms with Crippen LogP contribution in [-0.4, -0.2) is 24.1 Å². The monoisotopic (exact) mass is 399 g/mol. The van der Waals surface area contributed by atoms with E-state index >= 15 is 0 Å². The first-order chi connectivity index (χ1) is 14.3. The van der Waals surface area contributed by atoms with E-state index in [1.807, 2.05) is 35.0 Å². The van der Waals surface area contributed by atoms with Crippen LogP contribution < -0.4 is 0 Å². The zero-order valence-corrected chi connectivity index (χ0v) is 16.4. The van der Waals surface area contributed by atoms with Crippen molar-refractivity contribution in [3.05, 3.63) is 78.0 Å². The largest absolute Gasteiger partial charge is 0.301 e. The van der Waals surface area contributed by atoms with Gasteiger partial charge >= 0.3 is 0 Å². The molecule has 0 N–H and O–H groups in total. The number of nitrogens with zero attached hydrogens (tertiary/aromatic N) is 5. The topological polar surface area (TPSA) is 48.0 Å². The minimum atomic E-state index is 0.644. The molecule has 1 saturated carbocycles. The molecule has 0 bridgehead atoms. The van der Waals surface area contributed by atoms with E-state index in [1.165, 1.54) is 12.8 Å². The second-order valence-corrected chi connectivity index (χ2v) is 8.03. The molecule has 5 aromatic rings. The minimum absolute atomic E-state index is 0.644. The molecule has 6 rings (SSSR count). The molecule has 4 heterocycles. The van der Waals surface area contributed by atoms with E-state index in [-0.39, 0.29) is 0 Å². The number of hydrogen-bond donors (Lipinski definition) is 0. The normalized spacial score (nSPS) is 14.1. The Kier molecular flexibility index (Phi) is 3.71. The van der Waals surface area contributed by atoms with Gasteiger partial charge in [0.25, 0.3) is 0 Å². The summed E-state index contributed by atoms with van der Waals surface area (Å²) in [6.45, 7) is 0. The van der Waals surface area contributed by atoms with E-state index in [9.17, 15) is 0 Å². The molecule has 1 aromatic carbocycles. The van der Waals surface area contributed by atoms with Crippen LogP contribution in [0.25, 0.3) is 33.5 Å². The second kappa shape index (κ2) is 6.42. The van der Waals surface area contributed by atoms with Crippen LogP contribution in [0.3, 0.4) is 0 Å². The molecule has 0 radical (unpaired) electrons. The highest BCUT2D eigenvalue weighted by molar-refractivity contribution is 6.36. The highest BCUT2D eigenvalue weighted by Gasteiger charge is 2.24. The summed E-state index contributed by atoms with van der Waals surface area (Å²) < 4.78 is 4.12. The lowest BCUT2D eigenvalue weighted by atomic mass is 10.0. The lowest BCUT2D eigenvalue weighted by Crippen LogP contribution is -1.97. The predicted octanol–water partition coefficient (Wildman–Crippen LogP) is 5.34. The van der Waals surface area contributed by atoms with E-state index in [0.29, 0.717) is 5.02 Å². The summed E-state index contributed by atoms with van der Waals surface area (Å²) in [5.74, 6) is 2.66. The van der Waals surface area contributed by atoms with Crippen molar-refractivity contribution in [2.75, 3.05) is 0 Å². The summed E-state index contributed by atoms with van der Waals surface area (Å²) >= 11 is 6.76. The molecule has 6 heteroatoms. The van der Waals surface area contributed by atoms with Gasteiger partial charge in [0.15, 0.2) is 5.65 Å².